The van der Waals surface area contributed by atoms with Crippen LogP contribution < -0.4 is 0 Å². The summed E-state index contributed by atoms with van der Waals surface area (Å²) >= 11 is 0. The highest BCUT2D eigenvalue weighted by molar-refractivity contribution is 7.35. The van der Waals surface area contributed by atoms with Gasteiger partial charge in [-0.2, -0.15) is 0 Å². The van der Waals surface area contributed by atoms with E-state index in [4.69, 9.17) is 8.85 Å². The van der Waals surface area contributed by atoms with Crippen LogP contribution in [0.2, 0.25) is 26.2 Å². The summed E-state index contributed by atoms with van der Waals surface area (Å²) in [4.78, 5) is 0. The van der Waals surface area contributed by atoms with Crippen LogP contribution in [0.1, 0.15) is 77.0 Å². The molecule has 8 saturated carbocycles. The number of rotatable bonds is 5. The van der Waals surface area contributed by atoms with E-state index in [2.05, 4.69) is 26.2 Å². The molecule has 8 aliphatic carbocycles. The standard InChI is InChI=1S/C24H42O2Si2/c1-27(2,25-23-11-17-5-18(12-23)7-19(6-17)13-23)28(3,4)26-24-14-20-8-21(15-24)10-22(9-20)16-24/h17-22H,5-16H2,1-4H3. The van der Waals surface area contributed by atoms with Crippen LogP contribution in [0.15, 0.2) is 0 Å². The van der Waals surface area contributed by atoms with Crippen LogP contribution in [0.5, 0.6) is 0 Å². The molecule has 8 aliphatic rings. The second-order valence-corrected chi connectivity index (χ2v) is 27.1. The molecule has 158 valence electrons. The largest absolute Gasteiger partial charge is 0.412 e. The summed E-state index contributed by atoms with van der Waals surface area (Å²) in [5.41, 5.74) is 0.499. The van der Waals surface area contributed by atoms with E-state index in [1.807, 2.05) is 0 Å². The van der Waals surface area contributed by atoms with Gasteiger partial charge in [0.2, 0.25) is 15.7 Å². The van der Waals surface area contributed by atoms with Crippen molar-refractivity contribution in [3.63, 3.8) is 0 Å². The molecule has 0 aromatic rings. The second kappa shape index (κ2) is 5.98. The maximum absolute atomic E-state index is 7.39. The molecular weight excluding hydrogens is 376 g/mol. The van der Waals surface area contributed by atoms with Crippen LogP contribution in [-0.4, -0.2) is 26.9 Å². The molecule has 0 atom stereocenters. The van der Waals surface area contributed by atoms with Gasteiger partial charge in [0, 0.05) is 0 Å². The zero-order chi connectivity index (χ0) is 19.4. The first-order chi connectivity index (χ1) is 13.1. The van der Waals surface area contributed by atoms with E-state index < -0.39 is 15.7 Å². The lowest BCUT2D eigenvalue weighted by molar-refractivity contribution is -0.119. The van der Waals surface area contributed by atoms with Gasteiger partial charge in [0.1, 0.15) is 0 Å². The van der Waals surface area contributed by atoms with Crippen molar-refractivity contribution >= 4 is 15.7 Å². The molecule has 2 nitrogen and oxygen atoms in total. The smallest absolute Gasteiger partial charge is 0.205 e. The molecule has 0 aliphatic heterocycles. The fourth-order valence-electron chi connectivity index (χ4n) is 9.64. The van der Waals surface area contributed by atoms with Gasteiger partial charge in [-0.15, -0.1) is 0 Å². The first-order valence-corrected chi connectivity index (χ1v) is 19.4. The van der Waals surface area contributed by atoms with Crippen LogP contribution in [0.3, 0.4) is 0 Å². The third-order valence-electron chi connectivity index (χ3n) is 10.4. The summed E-state index contributed by atoms with van der Waals surface area (Å²) in [6.45, 7) is 10.2. The van der Waals surface area contributed by atoms with E-state index in [-0.39, 0.29) is 11.2 Å². The molecule has 0 aromatic heterocycles. The van der Waals surface area contributed by atoms with E-state index in [0.29, 0.717) is 0 Å². The Labute approximate surface area is 174 Å². The van der Waals surface area contributed by atoms with Gasteiger partial charge < -0.3 is 8.85 Å². The minimum Gasteiger partial charge on any atom is -0.412 e. The van der Waals surface area contributed by atoms with Crippen molar-refractivity contribution < 1.29 is 8.85 Å². The Bertz CT molecular complexity index is 528. The highest BCUT2D eigenvalue weighted by Crippen LogP contribution is 2.60. The lowest BCUT2D eigenvalue weighted by atomic mass is 9.54. The molecular formula is C24H42O2Si2. The van der Waals surface area contributed by atoms with Gasteiger partial charge in [0.25, 0.3) is 0 Å². The molecule has 28 heavy (non-hydrogen) atoms. The Morgan fingerprint density at radius 1 is 0.464 bits per heavy atom. The fraction of sp³-hybridized carbons (Fsp3) is 1.00. The normalized spacial score (nSPS) is 51.9. The van der Waals surface area contributed by atoms with Crippen LogP contribution >= 0.6 is 0 Å². The molecule has 0 N–H and O–H groups in total. The number of hydrogen-bond acceptors (Lipinski definition) is 2. The van der Waals surface area contributed by atoms with Gasteiger partial charge in [-0.25, -0.2) is 0 Å². The minimum absolute atomic E-state index is 0.250. The van der Waals surface area contributed by atoms with Crippen LogP contribution in [-0.2, 0) is 8.85 Å². The lowest BCUT2D eigenvalue weighted by Gasteiger charge is -2.61. The van der Waals surface area contributed by atoms with Crippen molar-refractivity contribution in [3.05, 3.63) is 0 Å². The summed E-state index contributed by atoms with van der Waals surface area (Å²) in [5.74, 6) is 5.86. The van der Waals surface area contributed by atoms with E-state index in [9.17, 15) is 0 Å². The van der Waals surface area contributed by atoms with Gasteiger partial charge in [0.05, 0.1) is 11.2 Å². The van der Waals surface area contributed by atoms with Crippen molar-refractivity contribution in [3.8, 4) is 0 Å². The Hall–Kier alpha value is 0.354. The van der Waals surface area contributed by atoms with Gasteiger partial charge in [-0.05, 0) is 139 Å². The predicted molar refractivity (Wildman–Crippen MR) is 119 cm³/mol. The van der Waals surface area contributed by atoms with Gasteiger partial charge >= 0.3 is 0 Å². The summed E-state index contributed by atoms with van der Waals surface area (Å²) in [6.07, 6.45) is 17.3. The quantitative estimate of drug-likeness (QED) is 0.478. The van der Waals surface area contributed by atoms with Gasteiger partial charge in [-0.3, -0.25) is 0 Å². The summed E-state index contributed by atoms with van der Waals surface area (Å²) in [5, 5.41) is 0. The highest BCUT2D eigenvalue weighted by atomic mass is 29.3. The Balaban J connectivity index is 1.21. The van der Waals surface area contributed by atoms with Crippen molar-refractivity contribution in [1.29, 1.82) is 0 Å². The molecule has 0 saturated heterocycles. The van der Waals surface area contributed by atoms with Crippen LogP contribution in [0.4, 0.5) is 0 Å². The maximum atomic E-state index is 7.39. The van der Waals surface area contributed by atoms with Crippen molar-refractivity contribution in [2.75, 3.05) is 0 Å². The third kappa shape index (κ3) is 2.98. The van der Waals surface area contributed by atoms with E-state index in [1.165, 1.54) is 77.0 Å². The monoisotopic (exact) mass is 418 g/mol. The first kappa shape index (κ1) is 19.1. The van der Waals surface area contributed by atoms with Crippen LogP contribution in [0.25, 0.3) is 0 Å². The molecule has 0 radical (unpaired) electrons. The van der Waals surface area contributed by atoms with E-state index in [0.717, 1.165) is 35.5 Å². The van der Waals surface area contributed by atoms with Crippen molar-refractivity contribution in [1.82, 2.24) is 0 Å². The molecule has 0 unspecified atom stereocenters. The van der Waals surface area contributed by atoms with Crippen LogP contribution in [0, 0.1) is 35.5 Å². The molecule has 8 bridgehead atoms. The highest BCUT2D eigenvalue weighted by Gasteiger charge is 2.60. The van der Waals surface area contributed by atoms with Crippen molar-refractivity contribution in [2.45, 2.75) is 114 Å². The lowest BCUT2D eigenvalue weighted by Crippen LogP contribution is -2.68. The molecule has 4 heteroatoms. The fourth-order valence-corrected chi connectivity index (χ4v) is 15.6. The number of hydrogen-bond donors (Lipinski definition) is 0. The van der Waals surface area contributed by atoms with Crippen molar-refractivity contribution in [2.24, 2.45) is 35.5 Å². The van der Waals surface area contributed by atoms with Gasteiger partial charge in [-0.1, -0.05) is 0 Å². The Morgan fingerprint density at radius 2 is 0.679 bits per heavy atom. The molecule has 0 heterocycles. The molecule has 8 rings (SSSR count). The SMILES string of the molecule is C[Si](C)(OC12CC3CC(CC(C3)C1)C2)[Si](C)(C)OC12CC3CC(CC(C3)C1)C2. The average molecular weight is 419 g/mol. The molecule has 0 aromatic carbocycles. The van der Waals surface area contributed by atoms with Gasteiger partial charge in [0.15, 0.2) is 0 Å². The summed E-state index contributed by atoms with van der Waals surface area (Å²) in [6, 6.07) is 0. The average Bonchev–Trinajstić information content (AvgIpc) is 2.49. The summed E-state index contributed by atoms with van der Waals surface area (Å²) in [7, 11) is -3.70. The Morgan fingerprint density at radius 3 is 0.893 bits per heavy atom. The molecule has 0 spiro atoms. The second-order valence-electron chi connectivity index (χ2n) is 13.4. The predicted octanol–water partition coefficient (Wildman–Crippen LogP) is 6.45. The minimum atomic E-state index is -1.85. The zero-order valence-corrected chi connectivity index (χ0v) is 20.8. The van der Waals surface area contributed by atoms with E-state index >= 15 is 0 Å². The third-order valence-corrected chi connectivity index (χ3v) is 24.5. The maximum Gasteiger partial charge on any atom is 0.205 e. The zero-order valence-electron chi connectivity index (χ0n) is 18.8. The molecule has 0 amide bonds. The molecule has 8 fully saturated rings. The summed E-state index contributed by atoms with van der Waals surface area (Å²) < 4.78 is 14.8. The first-order valence-electron chi connectivity index (χ1n) is 12.5. The Kier molecular flexibility index (Phi) is 4.07. The van der Waals surface area contributed by atoms with E-state index in [1.54, 1.807) is 0 Å². The topological polar surface area (TPSA) is 18.5 Å².